The third-order valence-electron chi connectivity index (χ3n) is 3.88. The standard InChI is InChI=1S/C18H32N2O/c1-7-21-17(18(4,5)6)16(20-19)12-14-8-10-15(11-9-14)13(2)3/h8-11,13,16-17,20H,7,12,19H2,1-6H3. The second-order valence-corrected chi connectivity index (χ2v) is 7.12. The number of nitrogens with one attached hydrogen (secondary N) is 1. The molecule has 1 rings (SSSR count). The van der Waals surface area contributed by atoms with Gasteiger partial charge in [0.2, 0.25) is 0 Å². The minimum absolute atomic E-state index is 0.0465. The molecule has 120 valence electrons. The number of rotatable bonds is 7. The van der Waals surface area contributed by atoms with E-state index in [1.807, 2.05) is 6.92 Å². The summed E-state index contributed by atoms with van der Waals surface area (Å²) in [4.78, 5) is 0. The summed E-state index contributed by atoms with van der Waals surface area (Å²) in [7, 11) is 0. The normalized spacial score (nSPS) is 15.2. The Hall–Kier alpha value is -0.900. The highest BCUT2D eigenvalue weighted by molar-refractivity contribution is 5.25. The Bertz CT molecular complexity index is 406. The Morgan fingerprint density at radius 3 is 2.10 bits per heavy atom. The Balaban J connectivity index is 2.84. The highest BCUT2D eigenvalue weighted by atomic mass is 16.5. The maximum atomic E-state index is 5.95. The van der Waals surface area contributed by atoms with Crippen molar-refractivity contribution in [3.63, 3.8) is 0 Å². The molecule has 3 nitrogen and oxygen atoms in total. The fourth-order valence-electron chi connectivity index (χ4n) is 2.70. The predicted octanol–water partition coefficient (Wildman–Crippen LogP) is 3.64. The van der Waals surface area contributed by atoms with Gasteiger partial charge >= 0.3 is 0 Å². The van der Waals surface area contributed by atoms with Gasteiger partial charge in [0.05, 0.1) is 12.1 Å². The third kappa shape index (κ3) is 5.42. The van der Waals surface area contributed by atoms with E-state index in [1.165, 1.54) is 11.1 Å². The Morgan fingerprint density at radius 2 is 1.71 bits per heavy atom. The first-order valence-electron chi connectivity index (χ1n) is 7.96. The van der Waals surface area contributed by atoms with Crippen LogP contribution in [0, 0.1) is 5.41 Å². The van der Waals surface area contributed by atoms with E-state index < -0.39 is 0 Å². The summed E-state index contributed by atoms with van der Waals surface area (Å²) in [6.07, 6.45) is 0.953. The van der Waals surface area contributed by atoms with Crippen LogP contribution in [0.25, 0.3) is 0 Å². The summed E-state index contributed by atoms with van der Waals surface area (Å²) in [6.45, 7) is 13.7. The SMILES string of the molecule is CCOC(C(Cc1ccc(C(C)C)cc1)NN)C(C)(C)C. The fraction of sp³-hybridized carbons (Fsp3) is 0.667. The van der Waals surface area contributed by atoms with Crippen LogP contribution in [0.3, 0.4) is 0 Å². The molecule has 1 aromatic rings. The molecule has 0 saturated heterocycles. The Labute approximate surface area is 130 Å². The van der Waals surface area contributed by atoms with Gasteiger partial charge in [-0.15, -0.1) is 0 Å². The summed E-state index contributed by atoms with van der Waals surface area (Å²) >= 11 is 0. The average Bonchev–Trinajstić information content (AvgIpc) is 2.42. The van der Waals surface area contributed by atoms with Crippen molar-refractivity contribution in [3.8, 4) is 0 Å². The molecule has 0 aromatic heterocycles. The smallest absolute Gasteiger partial charge is 0.0792 e. The van der Waals surface area contributed by atoms with Crippen LogP contribution in [-0.2, 0) is 11.2 Å². The van der Waals surface area contributed by atoms with Crippen LogP contribution in [0.5, 0.6) is 0 Å². The third-order valence-corrected chi connectivity index (χ3v) is 3.88. The molecular weight excluding hydrogens is 260 g/mol. The second-order valence-electron chi connectivity index (χ2n) is 7.12. The van der Waals surface area contributed by atoms with Crippen molar-refractivity contribution in [1.29, 1.82) is 0 Å². The molecule has 1 aromatic carbocycles. The topological polar surface area (TPSA) is 47.3 Å². The van der Waals surface area contributed by atoms with Crippen molar-refractivity contribution in [2.45, 2.75) is 66.0 Å². The van der Waals surface area contributed by atoms with E-state index in [-0.39, 0.29) is 17.6 Å². The van der Waals surface area contributed by atoms with Gasteiger partial charge in [0.25, 0.3) is 0 Å². The van der Waals surface area contributed by atoms with Gasteiger partial charge in [-0.2, -0.15) is 0 Å². The molecule has 2 atom stereocenters. The van der Waals surface area contributed by atoms with Gasteiger partial charge in [-0.25, -0.2) is 0 Å². The molecule has 0 aliphatic carbocycles. The molecule has 2 unspecified atom stereocenters. The Kier molecular flexibility index (Phi) is 6.85. The monoisotopic (exact) mass is 292 g/mol. The second kappa shape index (κ2) is 7.92. The maximum absolute atomic E-state index is 5.95. The van der Waals surface area contributed by atoms with Crippen molar-refractivity contribution in [3.05, 3.63) is 35.4 Å². The zero-order chi connectivity index (χ0) is 16.0. The van der Waals surface area contributed by atoms with E-state index in [1.54, 1.807) is 0 Å². The molecule has 0 aliphatic rings. The van der Waals surface area contributed by atoms with Crippen LogP contribution in [0.4, 0.5) is 0 Å². The first-order valence-corrected chi connectivity index (χ1v) is 7.96. The molecule has 0 amide bonds. The minimum Gasteiger partial charge on any atom is -0.376 e. The van der Waals surface area contributed by atoms with E-state index in [0.717, 1.165) is 6.42 Å². The first-order chi connectivity index (χ1) is 9.79. The highest BCUT2D eigenvalue weighted by Crippen LogP contribution is 2.27. The van der Waals surface area contributed by atoms with Gasteiger partial charge in [0, 0.05) is 6.61 Å². The lowest BCUT2D eigenvalue weighted by atomic mass is 9.82. The molecule has 0 saturated carbocycles. The molecule has 3 N–H and O–H groups in total. The number of benzene rings is 1. The molecule has 0 aliphatic heterocycles. The van der Waals surface area contributed by atoms with Crippen LogP contribution in [-0.4, -0.2) is 18.8 Å². The molecule has 0 fully saturated rings. The van der Waals surface area contributed by atoms with Gasteiger partial charge in [-0.1, -0.05) is 58.9 Å². The van der Waals surface area contributed by atoms with Gasteiger partial charge in [-0.05, 0) is 35.8 Å². The first kappa shape index (κ1) is 18.1. The van der Waals surface area contributed by atoms with E-state index in [9.17, 15) is 0 Å². The van der Waals surface area contributed by atoms with Crippen LogP contribution < -0.4 is 11.3 Å². The summed E-state index contributed by atoms with van der Waals surface area (Å²) < 4.78 is 5.95. The molecule has 0 radical (unpaired) electrons. The minimum atomic E-state index is 0.0465. The van der Waals surface area contributed by atoms with Gasteiger partial charge < -0.3 is 4.74 Å². The number of ether oxygens (including phenoxy) is 1. The lowest BCUT2D eigenvalue weighted by molar-refractivity contribution is -0.0356. The predicted molar refractivity (Wildman–Crippen MR) is 90.2 cm³/mol. The van der Waals surface area contributed by atoms with Crippen LogP contribution in [0.2, 0.25) is 0 Å². The summed E-state index contributed by atoms with van der Waals surface area (Å²) in [5.41, 5.74) is 5.66. The summed E-state index contributed by atoms with van der Waals surface area (Å²) in [5.74, 6) is 6.36. The lowest BCUT2D eigenvalue weighted by Crippen LogP contribution is -2.52. The molecule has 0 heterocycles. The quantitative estimate of drug-likeness (QED) is 0.596. The lowest BCUT2D eigenvalue weighted by Gasteiger charge is -2.36. The van der Waals surface area contributed by atoms with Crippen LogP contribution in [0.1, 0.15) is 58.6 Å². The zero-order valence-corrected chi connectivity index (χ0v) is 14.4. The summed E-state index contributed by atoms with van der Waals surface area (Å²) in [6, 6.07) is 8.92. The molecule has 21 heavy (non-hydrogen) atoms. The van der Waals surface area contributed by atoms with E-state index >= 15 is 0 Å². The summed E-state index contributed by atoms with van der Waals surface area (Å²) in [5, 5.41) is 0. The van der Waals surface area contributed by atoms with Crippen molar-refractivity contribution in [2.24, 2.45) is 11.3 Å². The van der Waals surface area contributed by atoms with Crippen molar-refractivity contribution in [1.82, 2.24) is 5.43 Å². The molecular formula is C18H32N2O. The molecule has 0 spiro atoms. The average molecular weight is 292 g/mol. The molecule has 0 bridgehead atoms. The number of hydrazine groups is 1. The van der Waals surface area contributed by atoms with Crippen molar-refractivity contribution >= 4 is 0 Å². The van der Waals surface area contributed by atoms with E-state index in [4.69, 9.17) is 10.6 Å². The van der Waals surface area contributed by atoms with E-state index in [0.29, 0.717) is 12.5 Å². The van der Waals surface area contributed by atoms with E-state index in [2.05, 4.69) is 64.3 Å². The van der Waals surface area contributed by atoms with Crippen molar-refractivity contribution < 1.29 is 4.74 Å². The van der Waals surface area contributed by atoms with Gasteiger partial charge in [0.1, 0.15) is 0 Å². The molecule has 3 heteroatoms. The van der Waals surface area contributed by atoms with Crippen LogP contribution >= 0.6 is 0 Å². The maximum Gasteiger partial charge on any atom is 0.0792 e. The van der Waals surface area contributed by atoms with Crippen molar-refractivity contribution in [2.75, 3.05) is 6.61 Å². The largest absolute Gasteiger partial charge is 0.376 e. The number of nitrogens with two attached hydrogens (primary N) is 1. The van der Waals surface area contributed by atoms with Gasteiger partial charge in [0.15, 0.2) is 0 Å². The number of hydrogen-bond acceptors (Lipinski definition) is 3. The Morgan fingerprint density at radius 1 is 1.14 bits per heavy atom. The van der Waals surface area contributed by atoms with Crippen LogP contribution in [0.15, 0.2) is 24.3 Å². The number of hydrogen-bond donors (Lipinski definition) is 2. The van der Waals surface area contributed by atoms with Gasteiger partial charge in [-0.3, -0.25) is 11.3 Å². The zero-order valence-electron chi connectivity index (χ0n) is 14.4. The fourth-order valence-corrected chi connectivity index (χ4v) is 2.70. The highest BCUT2D eigenvalue weighted by Gasteiger charge is 2.32.